The fourth-order valence-electron chi connectivity index (χ4n) is 4.11. The van der Waals surface area contributed by atoms with E-state index in [2.05, 4.69) is 11.0 Å². The smallest absolute Gasteiger partial charge is 0.123 e. The second kappa shape index (κ2) is 8.55. The fraction of sp³-hybridized carbons (Fsp3) is 0.391. The summed E-state index contributed by atoms with van der Waals surface area (Å²) >= 11 is 6.00. The number of nitrogens with zero attached hydrogens (tertiary/aromatic N) is 1. The average molecular weight is 388 g/mol. The highest BCUT2D eigenvalue weighted by Gasteiger charge is 2.42. The number of benzene rings is 2. The van der Waals surface area contributed by atoms with E-state index in [4.69, 9.17) is 11.6 Å². The van der Waals surface area contributed by atoms with E-state index in [9.17, 15) is 9.50 Å². The zero-order valence-corrected chi connectivity index (χ0v) is 16.7. The van der Waals surface area contributed by atoms with Gasteiger partial charge in [-0.25, -0.2) is 4.39 Å². The van der Waals surface area contributed by atoms with Gasteiger partial charge < -0.3 is 10.0 Å². The highest BCUT2D eigenvalue weighted by Crippen LogP contribution is 2.42. The number of rotatable bonds is 5. The van der Waals surface area contributed by atoms with Crippen LogP contribution in [0, 0.1) is 11.7 Å². The maximum Gasteiger partial charge on any atom is 0.123 e. The number of hydrogen-bond donors (Lipinski definition) is 1. The van der Waals surface area contributed by atoms with Gasteiger partial charge in [0, 0.05) is 23.9 Å². The predicted octanol–water partition coefficient (Wildman–Crippen LogP) is 5.20. The zero-order chi connectivity index (χ0) is 19.4. The quantitative estimate of drug-likeness (QED) is 0.762. The molecular formula is C23H27ClFNO. The number of hydrogen-bond acceptors (Lipinski definition) is 2. The summed E-state index contributed by atoms with van der Waals surface area (Å²) in [6.07, 6.45) is 5.35. The van der Waals surface area contributed by atoms with E-state index in [-0.39, 0.29) is 11.7 Å². The Morgan fingerprint density at radius 1 is 1.22 bits per heavy atom. The van der Waals surface area contributed by atoms with E-state index < -0.39 is 5.60 Å². The maximum atomic E-state index is 13.7. The summed E-state index contributed by atoms with van der Waals surface area (Å²) < 4.78 is 13.7. The van der Waals surface area contributed by atoms with E-state index in [1.165, 1.54) is 12.1 Å². The van der Waals surface area contributed by atoms with Crippen molar-refractivity contribution < 1.29 is 9.50 Å². The minimum Gasteiger partial charge on any atom is -0.385 e. The first kappa shape index (κ1) is 20.1. The van der Waals surface area contributed by atoms with Gasteiger partial charge in [-0.2, -0.15) is 0 Å². The summed E-state index contributed by atoms with van der Waals surface area (Å²) in [6.45, 7) is 0.795. The third kappa shape index (κ3) is 4.98. The van der Waals surface area contributed by atoms with Crippen molar-refractivity contribution >= 4 is 17.7 Å². The van der Waals surface area contributed by atoms with E-state index in [1.807, 2.05) is 44.4 Å². The lowest BCUT2D eigenvalue weighted by Gasteiger charge is -2.43. The normalized spacial score (nSPS) is 24.5. The molecule has 0 radical (unpaired) electrons. The minimum absolute atomic E-state index is 0.100. The van der Waals surface area contributed by atoms with Gasteiger partial charge in [0.05, 0.1) is 5.60 Å². The van der Waals surface area contributed by atoms with Crippen LogP contribution in [0.1, 0.15) is 30.4 Å². The highest BCUT2D eigenvalue weighted by molar-refractivity contribution is 6.30. The molecule has 4 heteroatoms. The first-order chi connectivity index (χ1) is 12.9. The molecule has 2 unspecified atom stereocenters. The molecule has 1 saturated carbocycles. The predicted molar refractivity (Wildman–Crippen MR) is 110 cm³/mol. The van der Waals surface area contributed by atoms with Crippen molar-refractivity contribution in [2.24, 2.45) is 5.92 Å². The molecule has 1 aliphatic carbocycles. The second-order valence-electron chi connectivity index (χ2n) is 7.80. The van der Waals surface area contributed by atoms with Crippen LogP contribution in [0.2, 0.25) is 5.02 Å². The van der Waals surface area contributed by atoms with Gasteiger partial charge in [0.25, 0.3) is 0 Å². The Bertz CT molecular complexity index is 802. The summed E-state index contributed by atoms with van der Waals surface area (Å²) in [7, 11) is 4.06. The van der Waals surface area contributed by atoms with Crippen LogP contribution in [-0.4, -0.2) is 36.2 Å². The van der Waals surface area contributed by atoms with Crippen molar-refractivity contribution in [2.45, 2.75) is 31.3 Å². The van der Waals surface area contributed by atoms with Gasteiger partial charge in [-0.15, -0.1) is 0 Å². The molecule has 0 spiro atoms. The van der Waals surface area contributed by atoms with Gasteiger partial charge in [-0.1, -0.05) is 41.9 Å². The first-order valence-corrected chi connectivity index (χ1v) is 9.83. The fourth-order valence-corrected chi connectivity index (χ4v) is 4.24. The third-order valence-electron chi connectivity index (χ3n) is 5.39. The molecule has 27 heavy (non-hydrogen) atoms. The molecule has 2 aromatic carbocycles. The highest BCUT2D eigenvalue weighted by atomic mass is 35.5. The molecule has 0 saturated heterocycles. The Hall–Kier alpha value is -1.68. The van der Waals surface area contributed by atoms with E-state index in [0.29, 0.717) is 11.4 Å². The van der Waals surface area contributed by atoms with E-state index in [1.54, 1.807) is 6.07 Å². The lowest BCUT2D eigenvalue weighted by molar-refractivity contribution is -0.0123. The first-order valence-electron chi connectivity index (χ1n) is 9.45. The van der Waals surface area contributed by atoms with Crippen LogP contribution in [-0.2, 0) is 6.42 Å². The van der Waals surface area contributed by atoms with Gasteiger partial charge in [-0.05, 0) is 74.3 Å². The van der Waals surface area contributed by atoms with Crippen LogP contribution in [0.25, 0.3) is 6.08 Å². The standard InChI is InChI=1S/C23H27ClFNO/c1-26(2)16-20-7-4-6-19(13-17-9-11-21(24)12-10-17)23(20,27)15-18-5-3-8-22(25)14-18/h3,5,8-14,20,27H,4,6-7,15-16H2,1-2H3/b19-13-. The van der Waals surface area contributed by atoms with Gasteiger partial charge in [-0.3, -0.25) is 0 Å². The van der Waals surface area contributed by atoms with Gasteiger partial charge in [0.2, 0.25) is 0 Å². The molecule has 1 fully saturated rings. The SMILES string of the molecule is CN(C)CC1CCC/C(=C/c2ccc(Cl)cc2)C1(O)Cc1cccc(F)c1. The summed E-state index contributed by atoms with van der Waals surface area (Å²) in [6, 6.07) is 14.2. The topological polar surface area (TPSA) is 23.5 Å². The van der Waals surface area contributed by atoms with Crippen molar-refractivity contribution in [1.82, 2.24) is 4.90 Å². The lowest BCUT2D eigenvalue weighted by Crippen LogP contribution is -2.48. The van der Waals surface area contributed by atoms with Crippen LogP contribution >= 0.6 is 11.6 Å². The molecule has 2 aromatic rings. The minimum atomic E-state index is -0.990. The maximum absolute atomic E-state index is 13.7. The van der Waals surface area contributed by atoms with Gasteiger partial charge in [0.1, 0.15) is 5.82 Å². The monoisotopic (exact) mass is 387 g/mol. The Labute approximate surface area is 166 Å². The average Bonchev–Trinajstić information content (AvgIpc) is 2.60. The lowest BCUT2D eigenvalue weighted by atomic mass is 9.68. The van der Waals surface area contributed by atoms with Gasteiger partial charge >= 0.3 is 0 Å². The summed E-state index contributed by atoms with van der Waals surface area (Å²) in [5.41, 5.74) is 1.88. The van der Waals surface area contributed by atoms with Crippen molar-refractivity contribution in [3.8, 4) is 0 Å². The molecule has 144 valence electrons. The third-order valence-corrected chi connectivity index (χ3v) is 5.64. The molecule has 2 atom stereocenters. The summed E-state index contributed by atoms with van der Waals surface area (Å²) in [5, 5.41) is 12.6. The van der Waals surface area contributed by atoms with Crippen molar-refractivity contribution in [3.05, 3.63) is 76.1 Å². The Balaban J connectivity index is 1.99. The number of aliphatic hydroxyl groups is 1. The summed E-state index contributed by atoms with van der Waals surface area (Å²) in [4.78, 5) is 2.12. The van der Waals surface area contributed by atoms with Crippen LogP contribution in [0.4, 0.5) is 4.39 Å². The molecule has 0 amide bonds. The molecule has 0 bridgehead atoms. The molecular weight excluding hydrogens is 361 g/mol. The Morgan fingerprint density at radius 2 is 1.96 bits per heavy atom. The van der Waals surface area contributed by atoms with Crippen molar-refractivity contribution in [2.75, 3.05) is 20.6 Å². The second-order valence-corrected chi connectivity index (χ2v) is 8.24. The van der Waals surface area contributed by atoms with E-state index in [0.717, 1.165) is 42.5 Å². The van der Waals surface area contributed by atoms with Crippen molar-refractivity contribution in [1.29, 1.82) is 0 Å². The molecule has 1 N–H and O–H groups in total. The van der Waals surface area contributed by atoms with E-state index >= 15 is 0 Å². The largest absolute Gasteiger partial charge is 0.385 e. The molecule has 0 aromatic heterocycles. The molecule has 0 heterocycles. The Morgan fingerprint density at radius 3 is 2.63 bits per heavy atom. The van der Waals surface area contributed by atoms with Gasteiger partial charge in [0.15, 0.2) is 0 Å². The number of halogens is 2. The molecule has 0 aliphatic heterocycles. The van der Waals surface area contributed by atoms with Crippen LogP contribution in [0.3, 0.4) is 0 Å². The molecule has 1 aliphatic rings. The summed E-state index contributed by atoms with van der Waals surface area (Å²) in [5.74, 6) is -0.164. The van der Waals surface area contributed by atoms with Crippen LogP contribution in [0.15, 0.2) is 54.1 Å². The Kier molecular flexibility index (Phi) is 6.36. The van der Waals surface area contributed by atoms with Crippen LogP contribution in [0.5, 0.6) is 0 Å². The molecule has 3 rings (SSSR count). The van der Waals surface area contributed by atoms with Crippen molar-refractivity contribution in [3.63, 3.8) is 0 Å². The van der Waals surface area contributed by atoms with Crippen LogP contribution < -0.4 is 0 Å². The molecule has 2 nitrogen and oxygen atoms in total. The zero-order valence-electron chi connectivity index (χ0n) is 16.0.